The molecule has 0 fully saturated rings. The fraction of sp³-hybridized carbons (Fsp3) is 0. The number of rotatable bonds is 3. The van der Waals surface area contributed by atoms with E-state index in [0.29, 0.717) is 0 Å². The number of aromatic amines is 1. The Balaban J connectivity index is 2.67. The van der Waals surface area contributed by atoms with Crippen LogP contribution in [-0.4, -0.2) is 19.7 Å². The number of nitrogens with zero attached hydrogens (tertiary/aromatic N) is 1. The number of hydrogen-bond donors (Lipinski definition) is 4. The largest absolute Gasteiger partial charge is 0.526 e. The first-order valence-corrected chi connectivity index (χ1v) is 6.12. The van der Waals surface area contributed by atoms with E-state index in [-0.39, 0.29) is 22.3 Å². The highest BCUT2D eigenvalue weighted by Crippen LogP contribution is 2.44. The van der Waals surface area contributed by atoms with Crippen LogP contribution in [0.25, 0.3) is 10.9 Å². The number of nitrogen functional groups attached to an aromatic ring is 1. The van der Waals surface area contributed by atoms with Crippen molar-refractivity contribution in [2.24, 2.45) is 0 Å². The highest BCUT2D eigenvalue weighted by molar-refractivity contribution is 7.46. The van der Waals surface area contributed by atoms with Gasteiger partial charge in [0, 0.05) is 6.07 Å². The number of nitro groups is 1. The van der Waals surface area contributed by atoms with Crippen molar-refractivity contribution >= 4 is 30.1 Å². The Bertz CT molecular complexity index is 675. The minimum absolute atomic E-state index is 0.0472. The van der Waals surface area contributed by atoms with E-state index in [4.69, 9.17) is 15.5 Å². The van der Waals surface area contributed by atoms with E-state index in [0.717, 1.165) is 0 Å². The van der Waals surface area contributed by atoms with Gasteiger partial charge in [-0.05, 0) is 6.07 Å². The van der Waals surface area contributed by atoms with Gasteiger partial charge in [-0.15, -0.1) is 0 Å². The molecule has 0 aliphatic heterocycles. The molecule has 0 saturated carbocycles. The Kier molecular flexibility index (Phi) is 2.74. The molecule has 0 spiro atoms. The lowest BCUT2D eigenvalue weighted by atomic mass is 10.2. The summed E-state index contributed by atoms with van der Waals surface area (Å²) in [4.78, 5) is 30.0. The molecule has 1 aromatic heterocycles. The van der Waals surface area contributed by atoms with E-state index >= 15 is 0 Å². The summed E-state index contributed by atoms with van der Waals surface area (Å²) in [7, 11) is -4.79. The van der Waals surface area contributed by atoms with Crippen LogP contribution in [0.3, 0.4) is 0 Å². The Morgan fingerprint density at radius 1 is 1.44 bits per heavy atom. The molecule has 10 heteroatoms. The monoisotopic (exact) mass is 273 g/mol. The number of aromatic nitrogens is 1. The SMILES string of the molecule is Nc1c(OP(=O)(O)O)[nH]c2cccc([N+](=O)[O-])c12. The highest BCUT2D eigenvalue weighted by Gasteiger charge is 2.24. The summed E-state index contributed by atoms with van der Waals surface area (Å²) in [6.45, 7) is 0. The van der Waals surface area contributed by atoms with Gasteiger partial charge in [0.25, 0.3) is 5.69 Å². The quantitative estimate of drug-likeness (QED) is 0.371. The second kappa shape index (κ2) is 3.98. The first kappa shape index (κ1) is 12.4. The average Bonchev–Trinajstić information content (AvgIpc) is 2.53. The molecule has 96 valence electrons. The van der Waals surface area contributed by atoms with E-state index in [1.165, 1.54) is 18.2 Å². The average molecular weight is 273 g/mol. The van der Waals surface area contributed by atoms with Crippen LogP contribution in [-0.2, 0) is 4.57 Å². The number of nitrogens with one attached hydrogen (secondary N) is 1. The van der Waals surface area contributed by atoms with Crippen molar-refractivity contribution in [1.82, 2.24) is 4.98 Å². The summed E-state index contributed by atoms with van der Waals surface area (Å²) in [6, 6.07) is 4.12. The molecule has 0 aliphatic carbocycles. The van der Waals surface area contributed by atoms with E-state index in [2.05, 4.69) is 9.51 Å². The van der Waals surface area contributed by atoms with Gasteiger partial charge in [0.15, 0.2) is 0 Å². The molecule has 0 saturated heterocycles. The molecule has 18 heavy (non-hydrogen) atoms. The molecular formula is C8H8N3O6P. The molecule has 2 aromatic rings. The number of benzene rings is 1. The fourth-order valence-corrected chi connectivity index (χ4v) is 1.96. The molecule has 1 heterocycles. The van der Waals surface area contributed by atoms with Gasteiger partial charge in [0.05, 0.1) is 10.4 Å². The van der Waals surface area contributed by atoms with E-state index in [1.807, 2.05) is 0 Å². The van der Waals surface area contributed by atoms with Crippen LogP contribution < -0.4 is 10.3 Å². The zero-order chi connectivity index (χ0) is 13.5. The van der Waals surface area contributed by atoms with Gasteiger partial charge in [-0.1, -0.05) is 6.07 Å². The number of anilines is 1. The zero-order valence-electron chi connectivity index (χ0n) is 8.73. The second-order valence-corrected chi connectivity index (χ2v) is 4.57. The van der Waals surface area contributed by atoms with Gasteiger partial charge >= 0.3 is 7.82 Å². The van der Waals surface area contributed by atoms with Crippen molar-refractivity contribution < 1.29 is 23.8 Å². The number of fused-ring (bicyclic) bond motifs is 1. The number of nitrogens with two attached hydrogens (primary N) is 1. The van der Waals surface area contributed by atoms with Gasteiger partial charge in [-0.2, -0.15) is 0 Å². The van der Waals surface area contributed by atoms with Gasteiger partial charge in [-0.25, -0.2) is 4.57 Å². The molecule has 0 atom stereocenters. The standard InChI is InChI=1S/C8H8N3O6P/c9-7-6-4(2-1-3-5(6)11(12)13)10-8(7)17-18(14,15)16/h1-3,10H,9H2,(H2,14,15,16). The maximum Gasteiger partial charge on any atom is 0.526 e. The van der Waals surface area contributed by atoms with Gasteiger partial charge < -0.3 is 15.2 Å². The number of H-pyrrole nitrogens is 1. The lowest BCUT2D eigenvalue weighted by Gasteiger charge is -2.04. The van der Waals surface area contributed by atoms with Crippen LogP contribution in [0.4, 0.5) is 11.4 Å². The fourth-order valence-electron chi connectivity index (χ4n) is 1.57. The van der Waals surface area contributed by atoms with Crippen molar-refractivity contribution in [2.75, 3.05) is 5.73 Å². The maximum atomic E-state index is 10.8. The molecule has 0 radical (unpaired) electrons. The molecule has 9 nitrogen and oxygen atoms in total. The number of phosphoric acid groups is 1. The summed E-state index contributed by atoms with van der Waals surface area (Å²) >= 11 is 0. The molecule has 2 rings (SSSR count). The first-order chi connectivity index (χ1) is 8.29. The third kappa shape index (κ3) is 2.14. The van der Waals surface area contributed by atoms with Crippen LogP contribution in [0, 0.1) is 10.1 Å². The van der Waals surface area contributed by atoms with Crippen LogP contribution in [0.1, 0.15) is 0 Å². The van der Waals surface area contributed by atoms with Gasteiger partial charge in [0.2, 0.25) is 5.88 Å². The molecule has 5 N–H and O–H groups in total. The van der Waals surface area contributed by atoms with Crippen molar-refractivity contribution in [3.05, 3.63) is 28.3 Å². The molecule has 0 unspecified atom stereocenters. The number of non-ortho nitro benzene ring substituents is 1. The maximum absolute atomic E-state index is 10.8. The lowest BCUT2D eigenvalue weighted by molar-refractivity contribution is -0.383. The zero-order valence-corrected chi connectivity index (χ0v) is 9.63. The van der Waals surface area contributed by atoms with Crippen molar-refractivity contribution in [1.29, 1.82) is 0 Å². The molecule has 0 bridgehead atoms. The van der Waals surface area contributed by atoms with Crippen LogP contribution in [0.15, 0.2) is 18.2 Å². The van der Waals surface area contributed by atoms with Crippen LogP contribution in [0.2, 0.25) is 0 Å². The van der Waals surface area contributed by atoms with Crippen molar-refractivity contribution in [3.63, 3.8) is 0 Å². The lowest BCUT2D eigenvalue weighted by Crippen LogP contribution is -1.94. The topological polar surface area (TPSA) is 152 Å². The minimum Gasteiger partial charge on any atom is -0.394 e. The first-order valence-electron chi connectivity index (χ1n) is 4.59. The Morgan fingerprint density at radius 2 is 2.11 bits per heavy atom. The number of nitro benzene ring substituents is 1. The third-order valence-corrected chi connectivity index (χ3v) is 2.63. The Labute approximate surface area is 99.6 Å². The Morgan fingerprint density at radius 3 is 2.67 bits per heavy atom. The normalized spacial score (nSPS) is 11.7. The summed E-state index contributed by atoms with van der Waals surface area (Å²) in [5.74, 6) is -0.396. The predicted octanol–water partition coefficient (Wildman–Crippen LogP) is 1.13. The van der Waals surface area contributed by atoms with Crippen molar-refractivity contribution in [2.45, 2.75) is 0 Å². The Hall–Kier alpha value is -2.09. The molecule has 0 amide bonds. The van der Waals surface area contributed by atoms with Crippen LogP contribution in [0.5, 0.6) is 5.88 Å². The van der Waals surface area contributed by atoms with Crippen LogP contribution >= 0.6 is 7.82 Å². The minimum atomic E-state index is -4.79. The predicted molar refractivity (Wildman–Crippen MR) is 62.0 cm³/mol. The number of phosphoric ester groups is 1. The van der Waals surface area contributed by atoms with E-state index in [1.54, 1.807) is 0 Å². The summed E-state index contributed by atoms with van der Waals surface area (Å²) in [5, 5.41) is 10.9. The summed E-state index contributed by atoms with van der Waals surface area (Å²) in [5.41, 5.74) is 5.34. The molecule has 1 aromatic carbocycles. The highest BCUT2D eigenvalue weighted by atomic mass is 31.2. The van der Waals surface area contributed by atoms with Gasteiger partial charge in [-0.3, -0.25) is 19.9 Å². The molecule has 0 aliphatic rings. The molecular weight excluding hydrogens is 265 g/mol. The van der Waals surface area contributed by atoms with Crippen molar-refractivity contribution in [3.8, 4) is 5.88 Å². The smallest absolute Gasteiger partial charge is 0.394 e. The van der Waals surface area contributed by atoms with Gasteiger partial charge in [0.1, 0.15) is 11.1 Å². The second-order valence-electron chi connectivity index (χ2n) is 3.41. The summed E-state index contributed by atoms with van der Waals surface area (Å²) < 4.78 is 15.0. The number of hydrogen-bond acceptors (Lipinski definition) is 5. The van der Waals surface area contributed by atoms with E-state index < -0.39 is 18.6 Å². The summed E-state index contributed by atoms with van der Waals surface area (Å²) in [6.07, 6.45) is 0. The third-order valence-electron chi connectivity index (χ3n) is 2.21. The van der Waals surface area contributed by atoms with E-state index in [9.17, 15) is 14.7 Å².